The molecular weight excluding hydrogens is 392 g/mol. The summed E-state index contributed by atoms with van der Waals surface area (Å²) < 4.78 is 4.21. The molecule has 0 fully saturated rings. The Labute approximate surface area is 151 Å². The predicted octanol–water partition coefficient (Wildman–Crippen LogP) is 2.79. The lowest BCUT2D eigenvalue weighted by Gasteiger charge is -2.09. The van der Waals surface area contributed by atoms with Gasteiger partial charge in [0.1, 0.15) is 0 Å². The molecule has 2 heterocycles. The van der Waals surface area contributed by atoms with Crippen LogP contribution in [0.4, 0.5) is 0 Å². The Kier molecular flexibility index (Phi) is 5.10. The second-order valence-electron chi connectivity index (χ2n) is 5.54. The van der Waals surface area contributed by atoms with E-state index < -0.39 is 0 Å². The van der Waals surface area contributed by atoms with Gasteiger partial charge in [-0.05, 0) is 52.4 Å². The zero-order valence-electron chi connectivity index (χ0n) is 13.1. The minimum Gasteiger partial charge on any atom is -0.311 e. The summed E-state index contributed by atoms with van der Waals surface area (Å²) in [7, 11) is 0. The van der Waals surface area contributed by atoms with Crippen molar-refractivity contribution in [3.05, 3.63) is 51.5 Å². The molecule has 0 unspecified atom stereocenters. The fourth-order valence-electron chi connectivity index (χ4n) is 2.11. The van der Waals surface area contributed by atoms with Crippen LogP contribution in [0.5, 0.6) is 0 Å². The number of nitrogens with zero attached hydrogens (tertiary/aromatic N) is 6. The Morgan fingerprint density at radius 2 is 2.00 bits per heavy atom. The van der Waals surface area contributed by atoms with Crippen molar-refractivity contribution in [1.29, 1.82) is 0 Å². The van der Waals surface area contributed by atoms with Gasteiger partial charge in [0.2, 0.25) is 5.16 Å². The molecule has 0 spiro atoms. The lowest BCUT2D eigenvalue weighted by atomic mass is 10.2. The molecule has 0 amide bonds. The van der Waals surface area contributed by atoms with E-state index in [9.17, 15) is 4.79 Å². The molecule has 0 bridgehead atoms. The summed E-state index contributed by atoms with van der Waals surface area (Å²) in [6.07, 6.45) is 3.32. The molecule has 7 nitrogen and oxygen atoms in total. The highest BCUT2D eigenvalue weighted by Crippen LogP contribution is 2.23. The van der Waals surface area contributed by atoms with Crippen molar-refractivity contribution in [3.63, 3.8) is 0 Å². The number of hydrogen-bond donors (Lipinski definition) is 0. The van der Waals surface area contributed by atoms with Crippen LogP contribution in [0, 0.1) is 5.92 Å². The van der Waals surface area contributed by atoms with Gasteiger partial charge in [0.25, 0.3) is 5.56 Å². The Morgan fingerprint density at radius 1 is 1.25 bits per heavy atom. The van der Waals surface area contributed by atoms with Crippen LogP contribution < -0.4 is 5.56 Å². The summed E-state index contributed by atoms with van der Waals surface area (Å²) in [5.41, 5.74) is 0.672. The normalized spacial score (nSPS) is 11.2. The van der Waals surface area contributed by atoms with E-state index in [-0.39, 0.29) is 5.56 Å². The zero-order valence-corrected chi connectivity index (χ0v) is 15.5. The average Bonchev–Trinajstić information content (AvgIpc) is 3.00. The van der Waals surface area contributed by atoms with Gasteiger partial charge in [-0.2, -0.15) is 4.68 Å². The van der Waals surface area contributed by atoms with Gasteiger partial charge in [-0.1, -0.05) is 29.8 Å². The lowest BCUT2D eigenvalue weighted by Crippen LogP contribution is -2.24. The van der Waals surface area contributed by atoms with Gasteiger partial charge in [0.15, 0.2) is 5.03 Å². The van der Waals surface area contributed by atoms with E-state index in [0.29, 0.717) is 22.6 Å². The van der Waals surface area contributed by atoms with E-state index in [1.54, 1.807) is 21.6 Å². The van der Waals surface area contributed by atoms with Crippen LogP contribution in [-0.4, -0.2) is 29.8 Å². The van der Waals surface area contributed by atoms with E-state index in [0.717, 1.165) is 21.9 Å². The van der Waals surface area contributed by atoms with Gasteiger partial charge in [0.05, 0.1) is 5.69 Å². The van der Waals surface area contributed by atoms with Gasteiger partial charge in [-0.3, -0.25) is 4.79 Å². The number of benzene rings is 1. The molecule has 24 heavy (non-hydrogen) atoms. The lowest BCUT2D eigenvalue weighted by molar-refractivity contribution is 0.502. The third-order valence-corrected chi connectivity index (χ3v) is 4.58. The second-order valence-corrected chi connectivity index (χ2v) is 7.41. The second kappa shape index (κ2) is 7.27. The standard InChI is InChI=1S/C15H15BrN6OS/c1-10(2)9-21-8-7-17-13(14(21)23)24-15-18-19-20-22(15)12-5-3-11(16)4-6-12/h3-8,10H,9H2,1-2H3. The fraction of sp³-hybridized carbons (Fsp3) is 0.267. The summed E-state index contributed by atoms with van der Waals surface area (Å²) in [5.74, 6) is 0.371. The monoisotopic (exact) mass is 406 g/mol. The van der Waals surface area contributed by atoms with Gasteiger partial charge < -0.3 is 4.57 Å². The summed E-state index contributed by atoms with van der Waals surface area (Å²) in [5, 5.41) is 12.6. The van der Waals surface area contributed by atoms with Crippen molar-refractivity contribution < 1.29 is 0 Å². The minimum atomic E-state index is -0.137. The molecule has 2 aromatic heterocycles. The highest BCUT2D eigenvalue weighted by molar-refractivity contribution is 9.10. The van der Waals surface area contributed by atoms with Gasteiger partial charge >= 0.3 is 0 Å². The van der Waals surface area contributed by atoms with Crippen LogP contribution in [0.1, 0.15) is 13.8 Å². The van der Waals surface area contributed by atoms with Crippen molar-refractivity contribution in [2.45, 2.75) is 30.6 Å². The van der Waals surface area contributed by atoms with Crippen LogP contribution >= 0.6 is 27.7 Å². The first kappa shape index (κ1) is 16.8. The molecular formula is C15H15BrN6OS. The maximum atomic E-state index is 12.5. The van der Waals surface area contributed by atoms with E-state index in [2.05, 4.69) is 50.3 Å². The molecule has 1 aromatic carbocycles. The van der Waals surface area contributed by atoms with Crippen molar-refractivity contribution in [2.24, 2.45) is 5.92 Å². The van der Waals surface area contributed by atoms with Crippen LogP contribution in [0.25, 0.3) is 5.69 Å². The highest BCUT2D eigenvalue weighted by Gasteiger charge is 2.14. The first-order valence-electron chi connectivity index (χ1n) is 7.32. The molecule has 0 atom stereocenters. The molecule has 3 rings (SSSR count). The summed E-state index contributed by atoms with van der Waals surface area (Å²) in [4.78, 5) is 16.7. The quantitative estimate of drug-likeness (QED) is 0.647. The average molecular weight is 407 g/mol. The van der Waals surface area contributed by atoms with Crippen molar-refractivity contribution >= 4 is 27.7 Å². The Bertz CT molecular complexity index is 889. The number of hydrogen-bond acceptors (Lipinski definition) is 6. The number of tetrazole rings is 1. The molecule has 3 aromatic rings. The van der Waals surface area contributed by atoms with Gasteiger partial charge in [-0.15, -0.1) is 5.10 Å². The molecule has 0 aliphatic heterocycles. The third-order valence-electron chi connectivity index (χ3n) is 3.14. The molecule has 0 saturated carbocycles. The zero-order chi connectivity index (χ0) is 17.1. The molecule has 0 radical (unpaired) electrons. The molecule has 9 heteroatoms. The smallest absolute Gasteiger partial charge is 0.283 e. The largest absolute Gasteiger partial charge is 0.311 e. The topological polar surface area (TPSA) is 78.5 Å². The number of halogens is 1. The summed E-state index contributed by atoms with van der Waals surface area (Å²) in [6, 6.07) is 7.59. The van der Waals surface area contributed by atoms with E-state index in [4.69, 9.17) is 0 Å². The first-order chi connectivity index (χ1) is 11.5. The van der Waals surface area contributed by atoms with E-state index in [1.807, 2.05) is 24.3 Å². The predicted molar refractivity (Wildman–Crippen MR) is 94.3 cm³/mol. The van der Waals surface area contributed by atoms with Crippen molar-refractivity contribution in [1.82, 2.24) is 29.8 Å². The Morgan fingerprint density at radius 3 is 2.71 bits per heavy atom. The van der Waals surface area contributed by atoms with Crippen LogP contribution in [0.2, 0.25) is 0 Å². The van der Waals surface area contributed by atoms with E-state index >= 15 is 0 Å². The summed E-state index contributed by atoms with van der Waals surface area (Å²) in [6.45, 7) is 4.77. The van der Waals surface area contributed by atoms with Gasteiger partial charge in [0, 0.05) is 23.4 Å². The van der Waals surface area contributed by atoms with Gasteiger partial charge in [-0.25, -0.2) is 4.98 Å². The molecule has 0 aliphatic carbocycles. The Hall–Kier alpha value is -2.00. The van der Waals surface area contributed by atoms with Crippen LogP contribution in [-0.2, 0) is 6.54 Å². The molecule has 124 valence electrons. The highest BCUT2D eigenvalue weighted by atomic mass is 79.9. The maximum Gasteiger partial charge on any atom is 0.283 e. The third kappa shape index (κ3) is 3.73. The van der Waals surface area contributed by atoms with Crippen molar-refractivity contribution in [3.8, 4) is 5.69 Å². The van der Waals surface area contributed by atoms with Crippen LogP contribution in [0.15, 0.2) is 56.1 Å². The van der Waals surface area contributed by atoms with Crippen molar-refractivity contribution in [2.75, 3.05) is 0 Å². The molecule has 0 saturated heterocycles. The number of aromatic nitrogens is 6. The number of rotatable bonds is 5. The fourth-order valence-corrected chi connectivity index (χ4v) is 3.17. The van der Waals surface area contributed by atoms with E-state index in [1.165, 1.54) is 0 Å². The molecule has 0 N–H and O–H groups in total. The Balaban J connectivity index is 1.92. The first-order valence-corrected chi connectivity index (χ1v) is 8.93. The maximum absolute atomic E-state index is 12.5. The van der Waals surface area contributed by atoms with Crippen LogP contribution in [0.3, 0.4) is 0 Å². The minimum absolute atomic E-state index is 0.137. The summed E-state index contributed by atoms with van der Waals surface area (Å²) >= 11 is 4.56. The molecule has 0 aliphatic rings. The SMILES string of the molecule is CC(C)Cn1ccnc(Sc2nnnn2-c2ccc(Br)cc2)c1=O.